The predicted octanol–water partition coefficient (Wildman–Crippen LogP) is -5.24. The van der Waals surface area contributed by atoms with Gasteiger partial charge in [-0.3, -0.25) is 0 Å². The fourth-order valence-electron chi connectivity index (χ4n) is 0.917. The summed E-state index contributed by atoms with van der Waals surface area (Å²) < 4.78 is 36.2. The molecular formula is C12CoO16. The Morgan fingerprint density at radius 3 is 0.310 bits per heavy atom. The van der Waals surface area contributed by atoms with Crippen LogP contribution in [0.15, 0.2) is 0 Å². The summed E-state index contributed by atoms with van der Waals surface area (Å²) >= 11 is 0. The summed E-state index contributed by atoms with van der Waals surface area (Å²) in [5.74, 6) is 0. The summed E-state index contributed by atoms with van der Waals surface area (Å²) in [5, 5.41) is 0. The molecule has 0 bridgehead atoms. The monoisotopic (exact) mass is 459 g/mol. The second-order valence-corrected chi connectivity index (χ2v) is 40.9. The van der Waals surface area contributed by atoms with E-state index in [1.807, 2.05) is 0 Å². The quantitative estimate of drug-likeness (QED) is 0.327. The molecular weight excluding hydrogens is 459 g/mol. The summed E-state index contributed by atoms with van der Waals surface area (Å²) in [7, 11) is 0. The molecule has 0 aromatic carbocycles. The molecule has 0 aliphatic heterocycles. The SMILES string of the molecule is O=[C]=[Co](=[O])(=[O])(=[O])(=[O])(=[C]=O)(=[C]=O)(=[C]=O)(=[C]=O)(=[C]=O)(=[C]=O)(=[C]=O)(=[C]=O)(=[C]=O)(=[C]=O)=[C]=O. The molecule has 0 heterocycles. The molecule has 0 fully saturated rings. The van der Waals surface area contributed by atoms with E-state index in [2.05, 4.69) is 0 Å². The zero-order chi connectivity index (χ0) is 24.7. The summed E-state index contributed by atoms with van der Waals surface area (Å²) in [6, 6.07) is 0. The van der Waals surface area contributed by atoms with E-state index >= 15 is 0 Å². The van der Waals surface area contributed by atoms with Crippen LogP contribution in [-0.4, -0.2) is 57.9 Å². The van der Waals surface area contributed by atoms with Gasteiger partial charge >= 0.3 is 125 Å². The molecule has 0 aliphatic carbocycles. The van der Waals surface area contributed by atoms with Crippen molar-refractivity contribution in [2.75, 3.05) is 0 Å². The van der Waals surface area contributed by atoms with Crippen LogP contribution >= 0.6 is 0 Å². The first-order valence-electron chi connectivity index (χ1n) is 4.99. The van der Waals surface area contributed by atoms with Gasteiger partial charge in [0.15, 0.2) is 0 Å². The van der Waals surface area contributed by atoms with Crippen LogP contribution in [0.3, 0.4) is 0 Å². The molecule has 0 amide bonds. The second kappa shape index (κ2) is 0.663. The number of hydrogen-bond acceptors (Lipinski definition) is 16. The van der Waals surface area contributed by atoms with E-state index in [0.29, 0.717) is 0 Å². The first kappa shape index (κ1) is 23.7. The molecule has 0 N–H and O–H groups in total. The van der Waals surface area contributed by atoms with Gasteiger partial charge in [-0.1, -0.05) is 0 Å². The molecule has 0 aromatic heterocycles. The van der Waals surface area contributed by atoms with Gasteiger partial charge in [-0.2, -0.15) is 0 Å². The Bertz CT molecular complexity index is 6120. The van der Waals surface area contributed by atoms with Gasteiger partial charge in [0.25, 0.3) is 0 Å². The van der Waals surface area contributed by atoms with Crippen LogP contribution in [0.4, 0.5) is 0 Å². The van der Waals surface area contributed by atoms with E-state index in [-0.39, 0.29) is 0 Å². The predicted molar refractivity (Wildman–Crippen MR) is 71.1 cm³/mol. The first-order valence-corrected chi connectivity index (χ1v) is 12.9. The van der Waals surface area contributed by atoms with Crippen LogP contribution in [0.1, 0.15) is 0 Å². The van der Waals surface area contributed by atoms with Gasteiger partial charge in [0.1, 0.15) is 0 Å². The Morgan fingerprint density at radius 1 is 0.241 bits per heavy atom. The average molecular weight is 459 g/mol. The van der Waals surface area contributed by atoms with E-state index in [1.54, 1.807) is 0 Å². The molecule has 0 radical (unpaired) electrons. The number of hydrogen-bond donors (Lipinski definition) is 0. The third-order valence-corrected chi connectivity index (χ3v) is 24.0. The molecule has 153 valence electrons. The Kier molecular flexibility index (Phi) is 0.541. The van der Waals surface area contributed by atoms with E-state index in [9.17, 15) is 73.0 Å². The van der Waals surface area contributed by atoms with Gasteiger partial charge in [-0.15, -0.1) is 0 Å². The molecule has 0 saturated carbocycles. The fourth-order valence-corrected chi connectivity index (χ4v) is 3.78. The molecule has 16 nitrogen and oxygen atoms in total. The van der Waals surface area contributed by atoms with Crippen molar-refractivity contribution in [2.45, 2.75) is 0 Å². The topological polar surface area (TPSA) is 273 Å². The molecule has 0 aliphatic rings. The average Bonchev–Trinajstić information content (AvgIpc) is 2.83. The maximum absolute atomic E-state index is 22.5. The van der Waals surface area contributed by atoms with Gasteiger partial charge in [0.2, 0.25) is 0 Å². The molecule has 17 heteroatoms. The first-order chi connectivity index (χ1) is 11.6. The fraction of sp³-hybridized carbons (Fsp3) is 0. The third-order valence-electron chi connectivity index (χ3n) is 5.82. The van der Waals surface area contributed by atoms with Crippen molar-refractivity contribution >= 4 is 57.9 Å². The van der Waals surface area contributed by atoms with Crippen molar-refractivity contribution in [3.63, 3.8) is 0 Å². The normalized spacial score (nSPS) is 38.1. The standard InChI is InChI=1S/12CO.Co.4O/c12*1-2;;;;;. The van der Waals surface area contributed by atoms with Crippen LogP contribution in [0.2, 0.25) is 0 Å². The summed E-state index contributed by atoms with van der Waals surface area (Å²) in [6.07, 6.45) is 0. The molecule has 0 aromatic rings. The maximum atomic E-state index is 14.7. The van der Waals surface area contributed by atoms with Crippen LogP contribution in [0, 0.1) is 0 Å². The van der Waals surface area contributed by atoms with E-state index < -0.39 is 52.5 Å². The van der Waals surface area contributed by atoms with Gasteiger partial charge in [0, 0.05) is 0 Å². The summed E-state index contributed by atoms with van der Waals surface area (Å²) in [5.41, 5.74) is 0. The Labute approximate surface area is 126 Å². The van der Waals surface area contributed by atoms with Crippen molar-refractivity contribution in [1.82, 2.24) is 0 Å². The van der Waals surface area contributed by atoms with Crippen molar-refractivity contribution in [2.24, 2.45) is 0 Å². The Hall–Kier alpha value is -5.33. The van der Waals surface area contributed by atoms with Crippen molar-refractivity contribution in [3.8, 4) is 0 Å². The van der Waals surface area contributed by atoms with Gasteiger partial charge < -0.3 is 0 Å². The Morgan fingerprint density at radius 2 is 0.310 bits per heavy atom. The van der Waals surface area contributed by atoms with Crippen molar-refractivity contribution in [1.29, 1.82) is 0 Å². The van der Waals surface area contributed by atoms with E-state index in [4.69, 9.17) is 0 Å². The van der Waals surface area contributed by atoms with Crippen LogP contribution in [0.5, 0.6) is 0 Å². The van der Waals surface area contributed by atoms with Crippen molar-refractivity contribution < 1.29 is 67.6 Å². The van der Waals surface area contributed by atoms with Crippen LogP contribution < -0.4 is 0 Å². The number of carbonyl (C=O) groups excluding carboxylic acids is 12. The second-order valence-electron chi connectivity index (χ2n) is 9.92. The Balaban J connectivity index is 26.2. The van der Waals surface area contributed by atoms with Gasteiger partial charge in [0.05, 0.1) is 0 Å². The minimum atomic E-state index is -22.5. The zero-order valence-electron chi connectivity index (χ0n) is 12.9. The van der Waals surface area contributed by atoms with Crippen LogP contribution in [0.25, 0.3) is 0 Å². The van der Waals surface area contributed by atoms with Gasteiger partial charge in [-0.05, 0) is 0 Å². The molecule has 0 unspecified atom stereocenters. The molecule has 0 saturated heterocycles. The molecule has 29 heavy (non-hydrogen) atoms. The molecule has 0 atom stereocenters. The van der Waals surface area contributed by atoms with E-state index in [0.717, 1.165) is 0 Å². The van der Waals surface area contributed by atoms with Gasteiger partial charge in [-0.25, -0.2) is 0 Å². The zero-order valence-corrected chi connectivity index (χ0v) is 13.9. The molecule has 0 spiro atoms. The van der Waals surface area contributed by atoms with E-state index in [1.165, 1.54) is 0 Å². The van der Waals surface area contributed by atoms with Crippen molar-refractivity contribution in [3.05, 3.63) is 0 Å². The number of rotatable bonds is 0. The summed E-state index contributed by atoms with van der Waals surface area (Å²) in [6.45, 7) is 0. The minimum absolute atomic E-state index is 3.14. The van der Waals surface area contributed by atoms with Crippen LogP contribution in [-0.2, 0) is 67.6 Å². The molecule has 0 rings (SSSR count). The summed E-state index contributed by atoms with van der Waals surface area (Å²) in [4.78, 5) is 106. The third kappa shape index (κ3) is 0.317.